The normalized spacial score (nSPS) is 24.3. The van der Waals surface area contributed by atoms with Crippen molar-refractivity contribution in [1.82, 2.24) is 10.6 Å². The van der Waals surface area contributed by atoms with Crippen LogP contribution in [0.5, 0.6) is 0 Å². The molecule has 1 saturated carbocycles. The summed E-state index contributed by atoms with van der Waals surface area (Å²) in [6, 6.07) is 0.245. The average Bonchev–Trinajstić information content (AvgIpc) is 2.09. The first-order valence-electron chi connectivity index (χ1n) is 4.71. The topological polar surface area (TPSA) is 41.1 Å². The van der Waals surface area contributed by atoms with Crippen LogP contribution in [0.25, 0.3) is 0 Å². The summed E-state index contributed by atoms with van der Waals surface area (Å²) in [6.07, 6.45) is 3.96. The molecule has 0 radical (unpaired) electrons. The number of carbonyl (C=O) groups is 1. The molecule has 3 nitrogen and oxygen atoms in total. The molecule has 1 fully saturated rings. The lowest BCUT2D eigenvalue weighted by Gasteiger charge is -2.44. The zero-order valence-corrected chi connectivity index (χ0v) is 8.39. The second-order valence-corrected chi connectivity index (χ2v) is 4.22. The Morgan fingerprint density at radius 3 is 2.77 bits per heavy atom. The van der Waals surface area contributed by atoms with Crippen molar-refractivity contribution in [2.24, 2.45) is 5.41 Å². The molecule has 2 amide bonds. The first-order chi connectivity index (χ1) is 6.06. The number of urea groups is 1. The predicted octanol–water partition coefficient (Wildman–Crippen LogP) is 1.66. The van der Waals surface area contributed by atoms with Gasteiger partial charge in [-0.25, -0.2) is 4.79 Å². The molecule has 74 valence electrons. The van der Waals surface area contributed by atoms with Crippen molar-refractivity contribution in [3.63, 3.8) is 0 Å². The summed E-state index contributed by atoms with van der Waals surface area (Å²) in [5.74, 6) is 0. The molecule has 1 atom stereocenters. The van der Waals surface area contributed by atoms with Crippen LogP contribution < -0.4 is 10.6 Å². The third-order valence-corrected chi connectivity index (χ3v) is 2.73. The average molecular weight is 182 g/mol. The second-order valence-electron chi connectivity index (χ2n) is 4.22. The van der Waals surface area contributed by atoms with Crippen molar-refractivity contribution in [2.75, 3.05) is 6.54 Å². The molecule has 0 bridgehead atoms. The molecular formula is C10H18N2O. The maximum absolute atomic E-state index is 11.2. The molecular weight excluding hydrogens is 164 g/mol. The number of amides is 2. The minimum atomic E-state index is -0.0855. The SMILES string of the molecule is C=CCNC(=O)NC1CCC1(C)C. The van der Waals surface area contributed by atoms with Crippen molar-refractivity contribution in [3.05, 3.63) is 12.7 Å². The number of hydrogen-bond acceptors (Lipinski definition) is 1. The van der Waals surface area contributed by atoms with Crippen molar-refractivity contribution >= 4 is 6.03 Å². The molecule has 1 rings (SSSR count). The first kappa shape index (κ1) is 10.1. The smallest absolute Gasteiger partial charge is 0.315 e. The van der Waals surface area contributed by atoms with Gasteiger partial charge in [0.1, 0.15) is 0 Å². The fraction of sp³-hybridized carbons (Fsp3) is 0.700. The maximum atomic E-state index is 11.2. The van der Waals surface area contributed by atoms with Gasteiger partial charge >= 0.3 is 6.03 Å². The standard InChI is InChI=1S/C10H18N2O/c1-4-7-11-9(13)12-8-5-6-10(8,2)3/h4,8H,1,5-7H2,2-3H3,(H2,11,12,13). The summed E-state index contributed by atoms with van der Waals surface area (Å²) in [5.41, 5.74) is 0.269. The Kier molecular flexibility index (Phi) is 2.96. The van der Waals surface area contributed by atoms with Gasteiger partial charge in [0.2, 0.25) is 0 Å². The van der Waals surface area contributed by atoms with E-state index in [-0.39, 0.29) is 11.4 Å². The highest BCUT2D eigenvalue weighted by atomic mass is 16.2. The minimum absolute atomic E-state index is 0.0855. The highest BCUT2D eigenvalue weighted by molar-refractivity contribution is 5.74. The molecule has 0 heterocycles. The molecule has 0 aliphatic heterocycles. The van der Waals surface area contributed by atoms with Gasteiger partial charge in [-0.3, -0.25) is 0 Å². The Hall–Kier alpha value is -0.990. The zero-order chi connectivity index (χ0) is 9.90. The van der Waals surface area contributed by atoms with Crippen molar-refractivity contribution < 1.29 is 4.79 Å². The van der Waals surface area contributed by atoms with E-state index in [2.05, 4.69) is 31.1 Å². The highest BCUT2D eigenvalue weighted by Crippen LogP contribution is 2.39. The minimum Gasteiger partial charge on any atom is -0.335 e. The molecule has 1 aliphatic carbocycles. The maximum Gasteiger partial charge on any atom is 0.315 e. The molecule has 0 aromatic rings. The van der Waals surface area contributed by atoms with Crippen LogP contribution >= 0.6 is 0 Å². The van der Waals surface area contributed by atoms with Crippen LogP contribution in [0.3, 0.4) is 0 Å². The second kappa shape index (κ2) is 3.81. The first-order valence-corrected chi connectivity index (χ1v) is 4.71. The molecule has 2 N–H and O–H groups in total. The van der Waals surface area contributed by atoms with Crippen molar-refractivity contribution in [3.8, 4) is 0 Å². The monoisotopic (exact) mass is 182 g/mol. The van der Waals surface area contributed by atoms with Crippen LogP contribution in [0.2, 0.25) is 0 Å². The van der Waals surface area contributed by atoms with Gasteiger partial charge in [-0.05, 0) is 18.3 Å². The van der Waals surface area contributed by atoms with Crippen LogP contribution in [-0.4, -0.2) is 18.6 Å². The summed E-state index contributed by atoms with van der Waals surface area (Å²) in [7, 11) is 0. The Morgan fingerprint density at radius 1 is 1.69 bits per heavy atom. The van der Waals surface area contributed by atoms with Crippen LogP contribution in [0.4, 0.5) is 4.79 Å². The van der Waals surface area contributed by atoms with Crippen LogP contribution in [-0.2, 0) is 0 Å². The molecule has 0 saturated heterocycles. The fourth-order valence-corrected chi connectivity index (χ4v) is 1.51. The number of carbonyl (C=O) groups excluding carboxylic acids is 1. The van der Waals surface area contributed by atoms with Gasteiger partial charge in [-0.1, -0.05) is 19.9 Å². The molecule has 3 heteroatoms. The van der Waals surface area contributed by atoms with E-state index in [0.29, 0.717) is 12.6 Å². The summed E-state index contributed by atoms with van der Waals surface area (Å²) in [5, 5.41) is 5.64. The van der Waals surface area contributed by atoms with Crippen molar-refractivity contribution in [1.29, 1.82) is 0 Å². The molecule has 0 aromatic carbocycles. The third-order valence-electron chi connectivity index (χ3n) is 2.73. The van der Waals surface area contributed by atoms with Gasteiger partial charge in [-0.15, -0.1) is 6.58 Å². The Bertz CT molecular complexity index is 211. The molecule has 1 unspecified atom stereocenters. The van der Waals surface area contributed by atoms with Crippen molar-refractivity contribution in [2.45, 2.75) is 32.7 Å². The molecule has 0 spiro atoms. The number of hydrogen-bond donors (Lipinski definition) is 2. The lowest BCUT2D eigenvalue weighted by atomic mass is 9.67. The van der Waals surface area contributed by atoms with Crippen LogP contribution in [0, 0.1) is 5.41 Å². The van der Waals surface area contributed by atoms with Crippen LogP contribution in [0.15, 0.2) is 12.7 Å². The summed E-state index contributed by atoms with van der Waals surface area (Å²) in [4.78, 5) is 11.2. The Labute approximate surface area is 79.6 Å². The summed E-state index contributed by atoms with van der Waals surface area (Å²) >= 11 is 0. The predicted molar refractivity (Wildman–Crippen MR) is 53.5 cm³/mol. The van der Waals surface area contributed by atoms with Gasteiger partial charge < -0.3 is 10.6 Å². The van der Waals surface area contributed by atoms with Gasteiger partial charge in [0.15, 0.2) is 0 Å². The zero-order valence-electron chi connectivity index (χ0n) is 8.39. The quantitative estimate of drug-likeness (QED) is 0.640. The van der Waals surface area contributed by atoms with E-state index >= 15 is 0 Å². The molecule has 13 heavy (non-hydrogen) atoms. The fourth-order valence-electron chi connectivity index (χ4n) is 1.51. The summed E-state index contributed by atoms with van der Waals surface area (Å²) in [6.45, 7) is 8.41. The molecule has 0 aromatic heterocycles. The van der Waals surface area contributed by atoms with E-state index in [1.165, 1.54) is 6.42 Å². The Balaban J connectivity index is 2.25. The largest absolute Gasteiger partial charge is 0.335 e. The Morgan fingerprint density at radius 2 is 2.38 bits per heavy atom. The van der Waals surface area contributed by atoms with Crippen LogP contribution in [0.1, 0.15) is 26.7 Å². The lowest BCUT2D eigenvalue weighted by molar-refractivity contribution is 0.114. The van der Waals surface area contributed by atoms with Gasteiger partial charge in [-0.2, -0.15) is 0 Å². The van der Waals surface area contributed by atoms with E-state index in [4.69, 9.17) is 0 Å². The lowest BCUT2D eigenvalue weighted by Crippen LogP contribution is -2.54. The molecule has 1 aliphatic rings. The van der Waals surface area contributed by atoms with Gasteiger partial charge in [0.25, 0.3) is 0 Å². The summed E-state index contributed by atoms with van der Waals surface area (Å²) < 4.78 is 0. The van der Waals surface area contributed by atoms with E-state index < -0.39 is 0 Å². The van der Waals surface area contributed by atoms with Gasteiger partial charge in [0.05, 0.1) is 0 Å². The van der Waals surface area contributed by atoms with E-state index in [1.54, 1.807) is 6.08 Å². The number of nitrogens with one attached hydrogen (secondary N) is 2. The third kappa shape index (κ3) is 2.47. The van der Waals surface area contributed by atoms with E-state index in [9.17, 15) is 4.79 Å². The number of rotatable bonds is 3. The highest BCUT2D eigenvalue weighted by Gasteiger charge is 2.39. The van der Waals surface area contributed by atoms with E-state index in [1.807, 2.05) is 0 Å². The van der Waals surface area contributed by atoms with Gasteiger partial charge in [0, 0.05) is 12.6 Å². The van der Waals surface area contributed by atoms with E-state index in [0.717, 1.165) is 6.42 Å².